The summed E-state index contributed by atoms with van der Waals surface area (Å²) in [6.07, 6.45) is 4.97. The van der Waals surface area contributed by atoms with Gasteiger partial charge in [0.05, 0.1) is 6.54 Å². The lowest BCUT2D eigenvalue weighted by atomic mass is 9.85. The van der Waals surface area contributed by atoms with Crippen molar-refractivity contribution in [1.82, 2.24) is 25.2 Å². The van der Waals surface area contributed by atoms with Gasteiger partial charge < -0.3 is 34.5 Å². The van der Waals surface area contributed by atoms with E-state index in [0.29, 0.717) is 68.1 Å². The van der Waals surface area contributed by atoms with Gasteiger partial charge in [0, 0.05) is 36.2 Å². The van der Waals surface area contributed by atoms with Crippen molar-refractivity contribution < 1.29 is 59.7 Å². The summed E-state index contributed by atoms with van der Waals surface area (Å²) in [6.45, 7) is 5.88. The number of fused-ring (bicyclic) bond motifs is 5. The zero-order valence-electron chi connectivity index (χ0n) is 34.9. The Labute approximate surface area is 352 Å². The van der Waals surface area contributed by atoms with E-state index in [1.54, 1.807) is 24.3 Å². The Kier molecular flexibility index (Phi) is 12.0. The summed E-state index contributed by atoms with van der Waals surface area (Å²) in [7, 11) is -4.45. The number of ether oxygens (including phenoxy) is 4. The Bertz CT molecular complexity index is 2200. The maximum atomic E-state index is 15.0. The highest BCUT2D eigenvalue weighted by Gasteiger charge is 2.64. The molecule has 1 aromatic heterocycles. The first-order valence-corrected chi connectivity index (χ1v) is 22.4. The Hall–Kier alpha value is -4.81. The minimum absolute atomic E-state index is 0.0140. The first-order chi connectivity index (χ1) is 28.7. The summed E-state index contributed by atoms with van der Waals surface area (Å²) in [5, 5.41) is 6.58. The number of hydrogen-bond donors (Lipinski definition) is 3. The van der Waals surface area contributed by atoms with Crippen LogP contribution in [0.5, 0.6) is 17.4 Å². The number of nitrogens with zero attached hydrogens (tertiary/aromatic N) is 2. The molecule has 7 rings (SSSR count). The number of nitrogens with one attached hydrogen (secondary N) is 3. The molecule has 5 aliphatic rings. The molecular weight excluding hydrogens is 824 g/mol. The van der Waals surface area contributed by atoms with Crippen LogP contribution in [0.1, 0.15) is 86.0 Å². The number of amides is 4. The van der Waals surface area contributed by atoms with Gasteiger partial charge >= 0.3 is 6.09 Å². The van der Waals surface area contributed by atoms with Gasteiger partial charge in [0.15, 0.2) is 17.1 Å². The number of aromatic nitrogens is 1. The number of halogens is 3. The fourth-order valence-corrected chi connectivity index (χ4v) is 9.86. The number of hydrogen-bond acceptors (Lipinski definition) is 11. The zero-order chi connectivity index (χ0) is 44.1. The normalized spacial score (nSPS) is 29.0. The topological polar surface area (TPSA) is 192 Å². The van der Waals surface area contributed by atoms with Crippen LogP contribution in [0, 0.1) is 17.8 Å². The van der Waals surface area contributed by atoms with Crippen LogP contribution in [-0.2, 0) is 29.1 Å². The van der Waals surface area contributed by atoms with Crippen LogP contribution in [0.25, 0.3) is 10.8 Å². The second-order valence-corrected chi connectivity index (χ2v) is 19.8. The minimum atomic E-state index is -4.45. The number of sulfonamides is 1. The van der Waals surface area contributed by atoms with Crippen molar-refractivity contribution in [3.05, 3.63) is 36.5 Å². The molecule has 4 heterocycles. The van der Waals surface area contributed by atoms with Gasteiger partial charge in [-0.15, -0.1) is 0 Å². The molecule has 4 amide bonds. The molecule has 2 aromatic rings. The monoisotopic (exact) mass is 877 g/mol. The van der Waals surface area contributed by atoms with E-state index in [1.807, 2.05) is 19.9 Å². The first kappa shape index (κ1) is 44.3. The molecule has 1 aromatic carbocycles. The average molecular weight is 878 g/mol. The number of carbonyl (C=O) groups is 4. The molecule has 0 bridgehead atoms. The summed E-state index contributed by atoms with van der Waals surface area (Å²) in [4.78, 5) is 62.8. The predicted molar refractivity (Wildman–Crippen MR) is 215 cm³/mol. The van der Waals surface area contributed by atoms with Gasteiger partial charge in [-0.2, -0.15) is 0 Å². The van der Waals surface area contributed by atoms with E-state index in [4.69, 9.17) is 18.9 Å². The molecule has 7 unspecified atom stereocenters. The van der Waals surface area contributed by atoms with E-state index in [1.165, 1.54) is 11.1 Å². The first-order valence-electron chi connectivity index (χ1n) is 20.9. The lowest BCUT2D eigenvalue weighted by molar-refractivity contribution is -0.152. The maximum Gasteiger partial charge on any atom is 0.408 e. The van der Waals surface area contributed by atoms with Gasteiger partial charge in [-0.25, -0.2) is 31.4 Å². The highest BCUT2D eigenvalue weighted by atomic mass is 32.2. The van der Waals surface area contributed by atoms with E-state index in [9.17, 15) is 36.0 Å². The summed E-state index contributed by atoms with van der Waals surface area (Å²) in [5.74, 6) is -5.91. The van der Waals surface area contributed by atoms with Crippen LogP contribution >= 0.6 is 0 Å². The van der Waals surface area contributed by atoms with Crippen molar-refractivity contribution >= 4 is 44.6 Å². The van der Waals surface area contributed by atoms with Gasteiger partial charge in [-0.05, 0) is 82.4 Å². The van der Waals surface area contributed by atoms with Crippen LogP contribution < -0.4 is 29.6 Å². The highest BCUT2D eigenvalue weighted by molar-refractivity contribution is 7.91. The van der Waals surface area contributed by atoms with E-state index >= 15 is 4.79 Å². The van der Waals surface area contributed by atoms with E-state index in [2.05, 4.69) is 20.3 Å². The van der Waals surface area contributed by atoms with Crippen LogP contribution in [-0.4, -0.2) is 109 Å². The second kappa shape index (κ2) is 16.5. The number of carbonyl (C=O) groups excluding carboxylic acids is 4. The molecule has 3 N–H and O–H groups in total. The summed E-state index contributed by atoms with van der Waals surface area (Å²) in [5.41, 5.74) is -3.99. The lowest BCUT2D eigenvalue weighted by Gasteiger charge is -2.35. The van der Waals surface area contributed by atoms with Gasteiger partial charge in [-0.1, -0.05) is 32.4 Å². The molecule has 7 atom stereocenters. The number of rotatable bonds is 10. The standard InChI is InChI=1S/C42H54F3N5O10S/c1-6-25-19-24(2)9-7-8-10-26-21-42(26,37(53)49-61(55,56)41(23-43)14-15-41)48-34(51)30-20-27(22-50(30)36(52)32(25)47-38(54)60-39(3,4)40(5,44)45)59-35-29-11-12-31-33(58-18-17-57-31)28(29)13-16-46-35/h8,10-13,16,24-27,30,32H,6-7,9,14-15,17-23H2,1-5H3,(H,47,54)(H,48,51)(H,49,53). The van der Waals surface area contributed by atoms with Crippen molar-refractivity contribution in [2.24, 2.45) is 17.8 Å². The van der Waals surface area contributed by atoms with Crippen molar-refractivity contribution in [2.45, 2.75) is 126 Å². The average Bonchev–Trinajstić information content (AvgIpc) is 4.11. The predicted octanol–water partition coefficient (Wildman–Crippen LogP) is 5.11. The number of pyridine rings is 1. The van der Waals surface area contributed by atoms with Crippen molar-refractivity contribution in [1.29, 1.82) is 0 Å². The van der Waals surface area contributed by atoms with E-state index < -0.39 is 92.3 Å². The Morgan fingerprint density at radius 1 is 1.08 bits per heavy atom. The summed E-state index contributed by atoms with van der Waals surface area (Å²) in [6, 6.07) is 2.54. The third-order valence-corrected chi connectivity index (χ3v) is 15.1. The lowest BCUT2D eigenvalue weighted by Crippen LogP contribution is -2.60. The molecule has 0 radical (unpaired) electrons. The Balaban J connectivity index is 1.24. The minimum Gasteiger partial charge on any atom is -0.486 e. The Morgan fingerprint density at radius 3 is 2.51 bits per heavy atom. The Morgan fingerprint density at radius 2 is 1.82 bits per heavy atom. The van der Waals surface area contributed by atoms with E-state index in [-0.39, 0.29) is 44.0 Å². The molecule has 334 valence electrons. The zero-order valence-corrected chi connectivity index (χ0v) is 35.7. The molecule has 61 heavy (non-hydrogen) atoms. The quantitative estimate of drug-likeness (QED) is 0.269. The SMILES string of the molecule is CCC1CC(C)CCC=CC2CC2(C(=O)NS(=O)(=O)C2(CF)CC2)NC(=O)C2CC(Oc3nccc4c5c(ccc34)OCCO5)CN2C(=O)C1NC(=O)OC(C)(C)C(C)(F)F. The van der Waals surface area contributed by atoms with Gasteiger partial charge in [-0.3, -0.25) is 19.1 Å². The number of allylic oxidation sites excluding steroid dienone is 1. The molecule has 3 aliphatic heterocycles. The summed E-state index contributed by atoms with van der Waals surface area (Å²) >= 11 is 0. The summed E-state index contributed by atoms with van der Waals surface area (Å²) < 4.78 is 93.0. The van der Waals surface area contributed by atoms with Crippen molar-refractivity contribution in [2.75, 3.05) is 26.4 Å². The van der Waals surface area contributed by atoms with Gasteiger partial charge in [0.25, 0.3) is 11.8 Å². The number of benzene rings is 1. The van der Waals surface area contributed by atoms with Crippen LogP contribution in [0.4, 0.5) is 18.0 Å². The second-order valence-electron chi connectivity index (χ2n) is 17.7. The van der Waals surface area contributed by atoms with Gasteiger partial charge in [0.2, 0.25) is 27.7 Å². The van der Waals surface area contributed by atoms with Gasteiger partial charge in [0.1, 0.15) is 48.4 Å². The van der Waals surface area contributed by atoms with Crippen LogP contribution in [0.3, 0.4) is 0 Å². The highest BCUT2D eigenvalue weighted by Crippen LogP contribution is 2.48. The molecule has 2 aliphatic carbocycles. The van der Waals surface area contributed by atoms with Crippen molar-refractivity contribution in [3.8, 4) is 17.4 Å². The molecule has 1 saturated heterocycles. The maximum absolute atomic E-state index is 15.0. The number of alkyl carbamates (subject to hydrolysis) is 1. The number of alkyl halides is 3. The fourth-order valence-electron chi connectivity index (χ4n) is 8.44. The molecule has 15 nitrogen and oxygen atoms in total. The molecule has 0 spiro atoms. The third kappa shape index (κ3) is 8.67. The molecule has 19 heteroatoms. The third-order valence-electron chi connectivity index (χ3n) is 13.0. The largest absolute Gasteiger partial charge is 0.486 e. The smallest absolute Gasteiger partial charge is 0.408 e. The molecule has 2 saturated carbocycles. The molecule has 3 fully saturated rings. The fraction of sp³-hybridized carbons (Fsp3) is 0.643. The van der Waals surface area contributed by atoms with E-state index in [0.717, 1.165) is 13.8 Å². The van der Waals surface area contributed by atoms with Crippen LogP contribution in [0.2, 0.25) is 0 Å². The molecular formula is C42H54F3N5O10S. The van der Waals surface area contributed by atoms with Crippen molar-refractivity contribution in [3.63, 3.8) is 0 Å². The van der Waals surface area contributed by atoms with Crippen LogP contribution in [0.15, 0.2) is 36.5 Å².